The molecule has 0 aromatic carbocycles. The van der Waals surface area contributed by atoms with E-state index in [2.05, 4.69) is 15.3 Å². The van der Waals surface area contributed by atoms with Crippen LogP contribution in [0.1, 0.15) is 19.8 Å². The van der Waals surface area contributed by atoms with E-state index in [1.165, 1.54) is 18.7 Å². The number of nitrogens with one attached hydrogen (secondary N) is 2. The van der Waals surface area contributed by atoms with Crippen molar-refractivity contribution in [2.45, 2.75) is 19.8 Å². The van der Waals surface area contributed by atoms with E-state index in [0.717, 1.165) is 17.4 Å². The van der Waals surface area contributed by atoms with E-state index in [4.69, 9.17) is 0 Å². The molecule has 20 heavy (non-hydrogen) atoms. The Morgan fingerprint density at radius 2 is 1.90 bits per heavy atom. The number of hydrogen-bond donors (Lipinski definition) is 2. The number of anilines is 1. The third-order valence-electron chi connectivity index (χ3n) is 3.13. The van der Waals surface area contributed by atoms with Crippen LogP contribution in [0.3, 0.4) is 0 Å². The molecule has 2 rings (SSSR count). The zero-order valence-electron chi connectivity index (χ0n) is 11.7. The second kappa shape index (κ2) is 5.32. The van der Waals surface area contributed by atoms with E-state index in [9.17, 15) is 14.4 Å². The van der Waals surface area contributed by atoms with Gasteiger partial charge in [-0.3, -0.25) is 18.7 Å². The molecule has 2 aromatic rings. The van der Waals surface area contributed by atoms with Gasteiger partial charge >= 0.3 is 5.69 Å². The molecule has 108 valence electrons. The lowest BCUT2D eigenvalue weighted by Gasteiger charge is -2.08. The molecule has 0 saturated heterocycles. The number of nitrogens with zero attached hydrogens (tertiary/aromatic N) is 3. The van der Waals surface area contributed by atoms with Crippen LogP contribution in [-0.4, -0.2) is 25.6 Å². The maximum atomic E-state index is 11.9. The topological polar surface area (TPSA) is 102 Å². The fourth-order valence-electron chi connectivity index (χ4n) is 1.91. The number of fused-ring (bicyclic) bond motifs is 1. The third kappa shape index (κ3) is 2.24. The first-order chi connectivity index (χ1) is 9.47. The van der Waals surface area contributed by atoms with Crippen LogP contribution in [0.4, 0.5) is 5.82 Å². The Morgan fingerprint density at radius 1 is 1.20 bits per heavy atom. The van der Waals surface area contributed by atoms with Gasteiger partial charge in [-0.2, -0.15) is 0 Å². The molecule has 2 heterocycles. The molecular weight excluding hydrogens is 262 g/mol. The molecule has 2 aromatic heterocycles. The smallest absolute Gasteiger partial charge is 0.332 e. The Balaban J connectivity index is 2.68. The molecule has 0 amide bonds. The van der Waals surface area contributed by atoms with Crippen molar-refractivity contribution < 1.29 is 0 Å². The second-order valence-electron chi connectivity index (χ2n) is 4.60. The minimum absolute atomic E-state index is 0.0284. The van der Waals surface area contributed by atoms with E-state index in [-0.39, 0.29) is 17.0 Å². The highest BCUT2D eigenvalue weighted by Crippen LogP contribution is 2.02. The summed E-state index contributed by atoms with van der Waals surface area (Å²) in [6, 6.07) is 0. The fourth-order valence-corrected chi connectivity index (χ4v) is 1.91. The highest BCUT2D eigenvalue weighted by molar-refractivity contribution is 5.70. The van der Waals surface area contributed by atoms with Crippen molar-refractivity contribution in [3.63, 3.8) is 0 Å². The van der Waals surface area contributed by atoms with E-state index in [1.54, 1.807) is 0 Å². The standard InChI is InChI=1S/C12H17N5O3/c1-4-5-6-13-8-10(18)14-7-9(15-8)16(2)12(20)17(3)11(7)19/h4-6H2,1-3H3,(H,13,15)(H,14,18). The van der Waals surface area contributed by atoms with Gasteiger partial charge < -0.3 is 10.3 Å². The normalized spacial score (nSPS) is 10.9. The molecular formula is C12H17N5O3. The summed E-state index contributed by atoms with van der Waals surface area (Å²) in [5.74, 6) is 0.120. The number of aromatic amines is 1. The van der Waals surface area contributed by atoms with Gasteiger partial charge in [-0.15, -0.1) is 0 Å². The van der Waals surface area contributed by atoms with Crippen LogP contribution in [0.25, 0.3) is 11.2 Å². The number of rotatable bonds is 4. The van der Waals surface area contributed by atoms with Crippen LogP contribution in [0.15, 0.2) is 14.4 Å². The molecule has 0 aliphatic carbocycles. The van der Waals surface area contributed by atoms with Crippen molar-refractivity contribution in [2.24, 2.45) is 14.1 Å². The summed E-state index contributed by atoms with van der Waals surface area (Å²) >= 11 is 0. The molecule has 8 nitrogen and oxygen atoms in total. The fraction of sp³-hybridized carbons (Fsp3) is 0.500. The monoisotopic (exact) mass is 279 g/mol. The van der Waals surface area contributed by atoms with Crippen molar-refractivity contribution in [1.29, 1.82) is 0 Å². The van der Waals surface area contributed by atoms with Crippen LogP contribution in [0.5, 0.6) is 0 Å². The quantitative estimate of drug-likeness (QED) is 0.737. The summed E-state index contributed by atoms with van der Waals surface area (Å²) in [5, 5.41) is 2.91. The molecule has 0 bridgehead atoms. The van der Waals surface area contributed by atoms with Crippen LogP contribution >= 0.6 is 0 Å². The van der Waals surface area contributed by atoms with Crippen LogP contribution < -0.4 is 22.1 Å². The van der Waals surface area contributed by atoms with Gasteiger partial charge in [-0.1, -0.05) is 13.3 Å². The molecule has 8 heteroatoms. The lowest BCUT2D eigenvalue weighted by molar-refractivity contribution is 0.703. The Labute approximate surface area is 114 Å². The van der Waals surface area contributed by atoms with Gasteiger partial charge in [-0.25, -0.2) is 9.78 Å². The van der Waals surface area contributed by atoms with Crippen molar-refractivity contribution in [3.05, 3.63) is 31.2 Å². The van der Waals surface area contributed by atoms with E-state index in [0.29, 0.717) is 6.54 Å². The first-order valence-electron chi connectivity index (χ1n) is 6.41. The summed E-state index contributed by atoms with van der Waals surface area (Å²) in [5.41, 5.74) is -1.32. The molecule has 0 saturated carbocycles. The van der Waals surface area contributed by atoms with E-state index >= 15 is 0 Å². The lowest BCUT2D eigenvalue weighted by atomic mass is 10.3. The van der Waals surface area contributed by atoms with Gasteiger partial charge in [0.05, 0.1) is 0 Å². The zero-order chi connectivity index (χ0) is 14.9. The maximum absolute atomic E-state index is 11.9. The SMILES string of the molecule is CCCCNc1nc2c([nH]c1=O)c(=O)n(C)c(=O)n2C. The Hall–Kier alpha value is -2.38. The predicted octanol–water partition coefficient (Wildman–Crippen LogP) is -0.467. The summed E-state index contributed by atoms with van der Waals surface area (Å²) in [6.07, 6.45) is 1.88. The molecule has 2 N–H and O–H groups in total. The molecule has 0 fully saturated rings. The zero-order valence-corrected chi connectivity index (χ0v) is 11.7. The first kappa shape index (κ1) is 14.0. The van der Waals surface area contributed by atoms with Gasteiger partial charge in [0, 0.05) is 20.6 Å². The first-order valence-corrected chi connectivity index (χ1v) is 6.41. The van der Waals surface area contributed by atoms with Gasteiger partial charge in [-0.05, 0) is 6.42 Å². The highest BCUT2D eigenvalue weighted by atomic mass is 16.2. The number of hydrogen-bond acceptors (Lipinski definition) is 5. The Kier molecular flexibility index (Phi) is 3.73. The minimum Gasteiger partial charge on any atom is -0.365 e. The van der Waals surface area contributed by atoms with Crippen molar-refractivity contribution in [1.82, 2.24) is 19.1 Å². The number of H-pyrrole nitrogens is 1. The molecule has 0 spiro atoms. The second-order valence-corrected chi connectivity index (χ2v) is 4.60. The average Bonchev–Trinajstić information content (AvgIpc) is 2.44. The predicted molar refractivity (Wildman–Crippen MR) is 76.2 cm³/mol. The molecule has 0 unspecified atom stereocenters. The molecule has 0 radical (unpaired) electrons. The maximum Gasteiger partial charge on any atom is 0.332 e. The summed E-state index contributed by atoms with van der Waals surface area (Å²) in [6.45, 7) is 2.64. The number of aryl methyl sites for hydroxylation is 1. The summed E-state index contributed by atoms with van der Waals surface area (Å²) in [7, 11) is 2.86. The van der Waals surface area contributed by atoms with Crippen LogP contribution in [0.2, 0.25) is 0 Å². The Morgan fingerprint density at radius 3 is 2.55 bits per heavy atom. The van der Waals surface area contributed by atoms with Crippen molar-refractivity contribution in [3.8, 4) is 0 Å². The van der Waals surface area contributed by atoms with Gasteiger partial charge in [0.1, 0.15) is 0 Å². The molecule has 0 aliphatic rings. The average molecular weight is 279 g/mol. The molecule has 0 aliphatic heterocycles. The lowest BCUT2D eigenvalue weighted by Crippen LogP contribution is -2.38. The number of aromatic nitrogens is 4. The number of unbranched alkanes of at least 4 members (excludes halogenated alkanes) is 1. The van der Waals surface area contributed by atoms with E-state index < -0.39 is 16.8 Å². The minimum atomic E-state index is -0.562. The van der Waals surface area contributed by atoms with Gasteiger partial charge in [0.2, 0.25) is 0 Å². The largest absolute Gasteiger partial charge is 0.365 e. The summed E-state index contributed by atoms with van der Waals surface area (Å²) in [4.78, 5) is 42.2. The van der Waals surface area contributed by atoms with Crippen LogP contribution in [0, 0.1) is 0 Å². The van der Waals surface area contributed by atoms with E-state index in [1.807, 2.05) is 6.92 Å². The van der Waals surface area contributed by atoms with Crippen molar-refractivity contribution in [2.75, 3.05) is 11.9 Å². The van der Waals surface area contributed by atoms with Crippen molar-refractivity contribution >= 4 is 17.0 Å². The van der Waals surface area contributed by atoms with Crippen LogP contribution in [-0.2, 0) is 14.1 Å². The highest BCUT2D eigenvalue weighted by Gasteiger charge is 2.13. The third-order valence-corrected chi connectivity index (χ3v) is 3.13. The van der Waals surface area contributed by atoms with Gasteiger partial charge in [0.25, 0.3) is 11.1 Å². The molecule has 0 atom stereocenters. The summed E-state index contributed by atoms with van der Waals surface area (Å²) < 4.78 is 2.17. The van der Waals surface area contributed by atoms with Gasteiger partial charge in [0.15, 0.2) is 17.0 Å². The Bertz CT molecular complexity index is 815.